The molecule has 0 bridgehead atoms. The lowest BCUT2D eigenvalue weighted by Crippen LogP contribution is -2.23. The van der Waals surface area contributed by atoms with Gasteiger partial charge in [-0.25, -0.2) is 18.1 Å². The molecule has 0 saturated carbocycles. The third kappa shape index (κ3) is 2.87. The van der Waals surface area contributed by atoms with Gasteiger partial charge in [-0.15, -0.1) is 0 Å². The highest BCUT2D eigenvalue weighted by Crippen LogP contribution is 2.24. The van der Waals surface area contributed by atoms with Gasteiger partial charge in [0.2, 0.25) is 0 Å². The minimum absolute atomic E-state index is 0.177. The summed E-state index contributed by atoms with van der Waals surface area (Å²) in [5, 5.41) is 0.257. The van der Waals surface area contributed by atoms with Crippen LogP contribution in [0.5, 0.6) is 0 Å². The number of anilines is 1. The monoisotopic (exact) mass is 283 g/mol. The van der Waals surface area contributed by atoms with Gasteiger partial charge in [0.15, 0.2) is 9.34 Å². The van der Waals surface area contributed by atoms with E-state index in [0.29, 0.717) is 5.69 Å². The highest BCUT2D eigenvalue weighted by atomic mass is 32.2. The van der Waals surface area contributed by atoms with E-state index in [9.17, 15) is 8.42 Å². The Hall–Kier alpha value is -1.44. The molecule has 96 valence electrons. The van der Waals surface area contributed by atoms with Gasteiger partial charge in [0.1, 0.15) is 0 Å². The molecule has 1 aromatic carbocycles. The molecule has 18 heavy (non-hydrogen) atoms. The van der Waals surface area contributed by atoms with Crippen LogP contribution >= 0.6 is 11.3 Å². The van der Waals surface area contributed by atoms with Crippen molar-refractivity contribution in [3.63, 3.8) is 0 Å². The number of nitrogens with one attached hydrogen (secondary N) is 1. The van der Waals surface area contributed by atoms with E-state index >= 15 is 0 Å². The van der Waals surface area contributed by atoms with Crippen LogP contribution in [-0.4, -0.2) is 13.4 Å². The molecule has 0 fully saturated rings. The number of sulfonamides is 1. The van der Waals surface area contributed by atoms with Crippen LogP contribution in [0, 0.1) is 6.92 Å². The number of hydrogen-bond donors (Lipinski definition) is 2. The van der Waals surface area contributed by atoms with E-state index in [1.807, 2.05) is 30.3 Å². The molecule has 3 N–H and O–H groups in total. The number of thiazole rings is 1. The molecule has 0 amide bonds. The first-order valence-corrected chi connectivity index (χ1v) is 7.55. The zero-order valence-electron chi connectivity index (χ0n) is 9.75. The average molecular weight is 283 g/mol. The Balaban J connectivity index is 2.16. The van der Waals surface area contributed by atoms with Crippen molar-refractivity contribution in [2.24, 2.45) is 0 Å². The summed E-state index contributed by atoms with van der Waals surface area (Å²) in [7, 11) is -3.54. The Morgan fingerprint density at radius 2 is 2.00 bits per heavy atom. The van der Waals surface area contributed by atoms with Crippen molar-refractivity contribution < 1.29 is 8.42 Å². The van der Waals surface area contributed by atoms with Crippen LogP contribution in [0.25, 0.3) is 0 Å². The summed E-state index contributed by atoms with van der Waals surface area (Å²) < 4.78 is 26.8. The number of nitrogens with two attached hydrogens (primary N) is 1. The van der Waals surface area contributed by atoms with Crippen molar-refractivity contribution >= 4 is 26.5 Å². The molecule has 7 heteroatoms. The average Bonchev–Trinajstić information content (AvgIpc) is 2.68. The van der Waals surface area contributed by atoms with Crippen molar-refractivity contribution in [1.82, 2.24) is 9.71 Å². The van der Waals surface area contributed by atoms with Gasteiger partial charge < -0.3 is 5.73 Å². The minimum Gasteiger partial charge on any atom is -0.375 e. The number of rotatable bonds is 4. The van der Waals surface area contributed by atoms with E-state index in [0.717, 1.165) is 16.9 Å². The Labute approximate surface area is 110 Å². The van der Waals surface area contributed by atoms with Gasteiger partial charge in [-0.05, 0) is 12.5 Å². The van der Waals surface area contributed by atoms with Crippen molar-refractivity contribution in [3.8, 4) is 0 Å². The van der Waals surface area contributed by atoms with E-state index in [4.69, 9.17) is 5.73 Å². The molecule has 0 spiro atoms. The third-order valence-electron chi connectivity index (χ3n) is 2.32. The molecule has 0 radical (unpaired) electrons. The summed E-state index contributed by atoms with van der Waals surface area (Å²) in [6.45, 7) is 1.88. The predicted molar refractivity (Wildman–Crippen MR) is 71.7 cm³/mol. The molecule has 0 saturated heterocycles. The van der Waals surface area contributed by atoms with Crippen LogP contribution in [0.2, 0.25) is 0 Å². The fourth-order valence-electron chi connectivity index (χ4n) is 1.49. The Morgan fingerprint density at radius 1 is 1.33 bits per heavy atom. The van der Waals surface area contributed by atoms with Crippen molar-refractivity contribution in [2.45, 2.75) is 17.7 Å². The van der Waals surface area contributed by atoms with Gasteiger partial charge in [-0.2, -0.15) is 0 Å². The number of hydrogen-bond acceptors (Lipinski definition) is 5. The van der Waals surface area contributed by atoms with Crippen LogP contribution in [0.15, 0.2) is 34.5 Å². The van der Waals surface area contributed by atoms with Crippen LogP contribution in [0.4, 0.5) is 5.13 Å². The molecular formula is C11H13N3O2S2. The second kappa shape index (κ2) is 5.05. The number of nitrogens with zero attached hydrogens (tertiary/aromatic N) is 1. The van der Waals surface area contributed by atoms with E-state index < -0.39 is 10.0 Å². The molecule has 2 aromatic rings. The molecule has 0 aliphatic rings. The van der Waals surface area contributed by atoms with Gasteiger partial charge in [-0.3, -0.25) is 0 Å². The fraction of sp³-hybridized carbons (Fsp3) is 0.182. The molecule has 2 rings (SSSR count). The van der Waals surface area contributed by atoms with Gasteiger partial charge in [0.05, 0.1) is 5.69 Å². The van der Waals surface area contributed by atoms with Crippen LogP contribution in [0.3, 0.4) is 0 Å². The maximum absolute atomic E-state index is 12.0. The standard InChI is InChI=1S/C11H13N3O2S2/c1-8-10(17-11(12)14-8)18(15,16)13-7-9-5-3-2-4-6-9/h2-6,13H,7H2,1H3,(H2,12,14). The fourth-order valence-corrected chi connectivity index (χ4v) is 3.85. The molecule has 0 aliphatic heterocycles. The van der Waals surface area contributed by atoms with E-state index in [2.05, 4.69) is 9.71 Å². The second-order valence-corrected chi connectivity index (χ2v) is 6.73. The minimum atomic E-state index is -3.54. The SMILES string of the molecule is Cc1nc(N)sc1S(=O)(=O)NCc1ccccc1. The third-order valence-corrected chi connectivity index (χ3v) is 5.32. The summed E-state index contributed by atoms with van der Waals surface area (Å²) in [6.07, 6.45) is 0. The summed E-state index contributed by atoms with van der Waals surface area (Å²) in [5.74, 6) is 0. The summed E-state index contributed by atoms with van der Waals surface area (Å²) in [5.41, 5.74) is 6.83. The maximum atomic E-state index is 12.0. The first kappa shape index (κ1) is 13.0. The highest BCUT2D eigenvalue weighted by Gasteiger charge is 2.20. The predicted octanol–water partition coefficient (Wildman–Crippen LogP) is 1.51. The number of aromatic nitrogens is 1. The lowest BCUT2D eigenvalue weighted by atomic mass is 10.2. The molecule has 1 aromatic heterocycles. The lowest BCUT2D eigenvalue weighted by molar-refractivity contribution is 0.582. The zero-order chi connectivity index (χ0) is 13.2. The molecular weight excluding hydrogens is 270 g/mol. The van der Waals surface area contributed by atoms with E-state index in [1.54, 1.807) is 6.92 Å². The normalized spacial score (nSPS) is 11.6. The van der Waals surface area contributed by atoms with Crippen molar-refractivity contribution in [2.75, 3.05) is 5.73 Å². The zero-order valence-corrected chi connectivity index (χ0v) is 11.4. The largest absolute Gasteiger partial charge is 0.375 e. The lowest BCUT2D eigenvalue weighted by Gasteiger charge is -2.05. The van der Waals surface area contributed by atoms with E-state index in [-0.39, 0.29) is 15.9 Å². The number of benzene rings is 1. The Bertz CT molecular complexity index is 636. The highest BCUT2D eigenvalue weighted by molar-refractivity contribution is 7.91. The van der Waals surface area contributed by atoms with Gasteiger partial charge >= 0.3 is 0 Å². The first-order valence-electron chi connectivity index (χ1n) is 5.25. The molecule has 1 heterocycles. The van der Waals surface area contributed by atoms with Gasteiger partial charge in [-0.1, -0.05) is 41.7 Å². The summed E-state index contributed by atoms with van der Waals surface area (Å²) >= 11 is 0.973. The molecule has 0 unspecified atom stereocenters. The smallest absolute Gasteiger partial charge is 0.252 e. The first-order chi connectivity index (χ1) is 8.49. The van der Waals surface area contributed by atoms with E-state index in [1.165, 1.54) is 0 Å². The summed E-state index contributed by atoms with van der Waals surface area (Å²) in [4.78, 5) is 3.91. The molecule has 5 nitrogen and oxygen atoms in total. The number of nitrogen functional groups attached to an aromatic ring is 1. The van der Waals surface area contributed by atoms with Crippen molar-refractivity contribution in [1.29, 1.82) is 0 Å². The molecule has 0 atom stereocenters. The Kier molecular flexibility index (Phi) is 3.65. The van der Waals surface area contributed by atoms with Gasteiger partial charge in [0, 0.05) is 6.54 Å². The quantitative estimate of drug-likeness (QED) is 0.890. The number of aryl methyl sites for hydroxylation is 1. The maximum Gasteiger partial charge on any atom is 0.252 e. The van der Waals surface area contributed by atoms with Gasteiger partial charge in [0.25, 0.3) is 10.0 Å². The Morgan fingerprint density at radius 3 is 2.56 bits per heavy atom. The van der Waals surface area contributed by atoms with Crippen LogP contribution in [0.1, 0.15) is 11.3 Å². The van der Waals surface area contributed by atoms with Crippen molar-refractivity contribution in [3.05, 3.63) is 41.6 Å². The second-order valence-electron chi connectivity index (χ2n) is 3.74. The van der Waals surface area contributed by atoms with Crippen LogP contribution < -0.4 is 10.5 Å². The molecule has 0 aliphatic carbocycles. The summed E-state index contributed by atoms with van der Waals surface area (Å²) in [6, 6.07) is 9.32. The topological polar surface area (TPSA) is 85.1 Å². The van der Waals surface area contributed by atoms with Crippen LogP contribution in [-0.2, 0) is 16.6 Å².